The summed E-state index contributed by atoms with van der Waals surface area (Å²) in [6.07, 6.45) is 6.49. The Morgan fingerprint density at radius 2 is 1.60 bits per heavy atom. The monoisotopic (exact) mass is 343 g/mol. The number of carbonyl (C=O) groups is 1. The summed E-state index contributed by atoms with van der Waals surface area (Å²) in [6.45, 7) is 11.6. The van der Waals surface area contributed by atoms with E-state index in [2.05, 4.69) is 60.1 Å². The molecule has 1 heterocycles. The van der Waals surface area contributed by atoms with E-state index < -0.39 is 0 Å². The maximum Gasteiger partial charge on any atom is 0.236 e. The summed E-state index contributed by atoms with van der Waals surface area (Å²) in [5.41, 5.74) is 1.25. The Morgan fingerprint density at radius 1 is 1.00 bits per heavy atom. The van der Waals surface area contributed by atoms with Crippen LogP contribution < -0.4 is 0 Å². The van der Waals surface area contributed by atoms with Crippen molar-refractivity contribution in [3.8, 4) is 0 Å². The fourth-order valence-electron chi connectivity index (χ4n) is 3.22. The van der Waals surface area contributed by atoms with Crippen LogP contribution in [0.1, 0.15) is 32.3 Å². The van der Waals surface area contributed by atoms with Crippen LogP contribution in [0.5, 0.6) is 0 Å². The second-order valence-corrected chi connectivity index (χ2v) is 6.77. The molecule has 1 saturated heterocycles. The summed E-state index contributed by atoms with van der Waals surface area (Å²) < 4.78 is 0. The molecule has 0 saturated carbocycles. The largest absolute Gasteiger partial charge is 0.342 e. The molecule has 0 radical (unpaired) electrons. The Kier molecular flexibility index (Phi) is 8.70. The highest BCUT2D eigenvalue weighted by atomic mass is 16.2. The van der Waals surface area contributed by atoms with Gasteiger partial charge in [0.25, 0.3) is 0 Å². The van der Waals surface area contributed by atoms with Crippen molar-refractivity contribution in [2.45, 2.75) is 26.7 Å². The molecule has 138 valence electrons. The van der Waals surface area contributed by atoms with Crippen molar-refractivity contribution in [1.82, 2.24) is 14.7 Å². The van der Waals surface area contributed by atoms with Crippen LogP contribution in [0.3, 0.4) is 0 Å². The molecule has 0 bridgehead atoms. The van der Waals surface area contributed by atoms with E-state index in [4.69, 9.17) is 0 Å². The lowest BCUT2D eigenvalue weighted by atomic mass is 10.2. The van der Waals surface area contributed by atoms with E-state index in [0.29, 0.717) is 12.5 Å². The van der Waals surface area contributed by atoms with Crippen molar-refractivity contribution in [3.63, 3.8) is 0 Å². The summed E-state index contributed by atoms with van der Waals surface area (Å²) in [5.74, 6) is 0.293. The van der Waals surface area contributed by atoms with Gasteiger partial charge in [0.2, 0.25) is 5.91 Å². The number of benzene rings is 1. The zero-order valence-corrected chi connectivity index (χ0v) is 15.9. The predicted molar refractivity (Wildman–Crippen MR) is 106 cm³/mol. The predicted octanol–water partition coefficient (Wildman–Crippen LogP) is 2.97. The molecule has 1 aromatic rings. The van der Waals surface area contributed by atoms with E-state index in [-0.39, 0.29) is 0 Å². The maximum atomic E-state index is 12.5. The lowest BCUT2D eigenvalue weighted by Gasteiger charge is -2.35. The lowest BCUT2D eigenvalue weighted by molar-refractivity contribution is -0.132. The van der Waals surface area contributed by atoms with E-state index in [0.717, 1.165) is 58.7 Å². The minimum atomic E-state index is 0.293. The van der Waals surface area contributed by atoms with Crippen molar-refractivity contribution in [3.05, 3.63) is 42.0 Å². The van der Waals surface area contributed by atoms with E-state index in [1.165, 1.54) is 5.56 Å². The lowest BCUT2D eigenvalue weighted by Crippen LogP contribution is -2.50. The molecule has 0 atom stereocenters. The third kappa shape index (κ3) is 7.00. The molecule has 0 unspecified atom stereocenters. The summed E-state index contributed by atoms with van der Waals surface area (Å²) in [4.78, 5) is 19.2. The van der Waals surface area contributed by atoms with E-state index in [9.17, 15) is 4.79 Å². The highest BCUT2D eigenvalue weighted by molar-refractivity contribution is 5.78. The van der Waals surface area contributed by atoms with Crippen molar-refractivity contribution in [2.75, 3.05) is 52.4 Å². The molecule has 0 N–H and O–H groups in total. The molecule has 25 heavy (non-hydrogen) atoms. The van der Waals surface area contributed by atoms with Gasteiger partial charge >= 0.3 is 0 Å². The zero-order chi connectivity index (χ0) is 17.9. The number of amides is 1. The van der Waals surface area contributed by atoms with Crippen LogP contribution in [0.2, 0.25) is 0 Å². The van der Waals surface area contributed by atoms with Gasteiger partial charge in [0.05, 0.1) is 6.54 Å². The fourth-order valence-corrected chi connectivity index (χ4v) is 3.22. The molecule has 1 amide bonds. The third-order valence-corrected chi connectivity index (χ3v) is 4.64. The normalized spacial score (nSPS) is 16.4. The molecule has 1 fully saturated rings. The standard InChI is InChI=1S/C21H33N3O/c1-3-12-24(13-4-2)21(25)19-23-17-15-22(16-18-23)14-8-11-20-9-6-5-7-10-20/h5-11H,3-4,12-19H2,1-2H3/b11-8+. The minimum absolute atomic E-state index is 0.293. The Morgan fingerprint density at radius 3 is 2.20 bits per heavy atom. The summed E-state index contributed by atoms with van der Waals surface area (Å²) >= 11 is 0. The number of nitrogens with zero attached hydrogens (tertiary/aromatic N) is 3. The first kappa shape index (κ1) is 19.7. The van der Waals surface area contributed by atoms with Crippen molar-refractivity contribution in [1.29, 1.82) is 0 Å². The molecular formula is C21H33N3O. The summed E-state index contributed by atoms with van der Waals surface area (Å²) in [6, 6.07) is 10.4. The van der Waals surface area contributed by atoms with Crippen LogP contribution in [0.4, 0.5) is 0 Å². The van der Waals surface area contributed by atoms with Crippen LogP contribution in [0.15, 0.2) is 36.4 Å². The van der Waals surface area contributed by atoms with Gasteiger partial charge in [-0.1, -0.05) is 56.3 Å². The highest BCUT2D eigenvalue weighted by Crippen LogP contribution is 2.06. The fraction of sp³-hybridized carbons (Fsp3) is 0.571. The number of hydrogen-bond acceptors (Lipinski definition) is 3. The summed E-state index contributed by atoms with van der Waals surface area (Å²) in [7, 11) is 0. The van der Waals surface area contributed by atoms with E-state index in [1.807, 2.05) is 11.0 Å². The SMILES string of the molecule is CCCN(CCC)C(=O)CN1CCN(C/C=C/c2ccccc2)CC1. The van der Waals surface area contributed by atoms with Gasteiger partial charge in [-0.15, -0.1) is 0 Å². The average Bonchev–Trinajstić information content (AvgIpc) is 2.64. The molecule has 2 rings (SSSR count). The number of piperazine rings is 1. The first-order valence-corrected chi connectivity index (χ1v) is 9.67. The van der Waals surface area contributed by atoms with E-state index in [1.54, 1.807) is 0 Å². The molecule has 0 aromatic heterocycles. The van der Waals surface area contributed by atoms with Gasteiger partial charge in [-0.25, -0.2) is 0 Å². The smallest absolute Gasteiger partial charge is 0.236 e. The second kappa shape index (κ2) is 11.1. The van der Waals surface area contributed by atoms with Gasteiger partial charge in [-0.05, 0) is 18.4 Å². The zero-order valence-electron chi connectivity index (χ0n) is 15.9. The first-order valence-electron chi connectivity index (χ1n) is 9.67. The molecule has 0 spiro atoms. The summed E-state index contributed by atoms with van der Waals surface area (Å²) in [5, 5.41) is 0. The maximum absolute atomic E-state index is 12.5. The Bertz CT molecular complexity index is 515. The van der Waals surface area contributed by atoms with Crippen molar-refractivity contribution < 1.29 is 4.79 Å². The van der Waals surface area contributed by atoms with Crippen molar-refractivity contribution in [2.24, 2.45) is 0 Å². The molecule has 4 nitrogen and oxygen atoms in total. The van der Waals surface area contributed by atoms with Crippen LogP contribution in [-0.2, 0) is 4.79 Å². The van der Waals surface area contributed by atoms with Crippen molar-refractivity contribution >= 4 is 12.0 Å². The van der Waals surface area contributed by atoms with Gasteiger partial charge in [-0.2, -0.15) is 0 Å². The third-order valence-electron chi connectivity index (χ3n) is 4.64. The molecule has 4 heteroatoms. The topological polar surface area (TPSA) is 26.8 Å². The number of carbonyl (C=O) groups excluding carboxylic acids is 1. The Hall–Kier alpha value is -1.65. The van der Waals surface area contributed by atoms with Gasteiger partial charge in [0, 0.05) is 45.8 Å². The van der Waals surface area contributed by atoms with Crippen LogP contribution in [0.25, 0.3) is 6.08 Å². The quantitative estimate of drug-likeness (QED) is 0.690. The molecule has 0 aliphatic carbocycles. The number of rotatable bonds is 9. The highest BCUT2D eigenvalue weighted by Gasteiger charge is 2.20. The second-order valence-electron chi connectivity index (χ2n) is 6.77. The van der Waals surface area contributed by atoms with Gasteiger partial charge < -0.3 is 4.90 Å². The molecular weight excluding hydrogens is 310 g/mol. The van der Waals surface area contributed by atoms with Gasteiger partial charge in [0.1, 0.15) is 0 Å². The minimum Gasteiger partial charge on any atom is -0.342 e. The molecule has 1 aliphatic rings. The first-order chi connectivity index (χ1) is 12.2. The van der Waals surface area contributed by atoms with Crippen LogP contribution in [0, 0.1) is 0 Å². The van der Waals surface area contributed by atoms with Crippen LogP contribution in [-0.4, -0.2) is 73.0 Å². The Labute approximate surface area is 153 Å². The average molecular weight is 344 g/mol. The van der Waals surface area contributed by atoms with Gasteiger partial charge in [-0.3, -0.25) is 14.6 Å². The molecule has 1 aromatic carbocycles. The number of hydrogen-bond donors (Lipinski definition) is 0. The molecule has 1 aliphatic heterocycles. The van der Waals surface area contributed by atoms with E-state index >= 15 is 0 Å². The van der Waals surface area contributed by atoms with Gasteiger partial charge in [0.15, 0.2) is 0 Å². The van der Waals surface area contributed by atoms with Crippen LogP contribution >= 0.6 is 0 Å². The Balaban J connectivity index is 1.70.